The second-order valence-electron chi connectivity index (χ2n) is 8.97. The van der Waals surface area contributed by atoms with Crippen molar-refractivity contribution < 1.29 is 23.5 Å². The Bertz CT molecular complexity index is 1620. The van der Waals surface area contributed by atoms with Gasteiger partial charge in [0.25, 0.3) is 5.91 Å². The fraction of sp³-hybridized carbons (Fsp3) is 0.138. The summed E-state index contributed by atoms with van der Waals surface area (Å²) in [7, 11) is 0. The van der Waals surface area contributed by atoms with Crippen LogP contribution < -0.4 is 10.2 Å². The van der Waals surface area contributed by atoms with Crippen molar-refractivity contribution in [3.8, 4) is 17.3 Å². The zero-order valence-corrected chi connectivity index (χ0v) is 21.4. The van der Waals surface area contributed by atoms with Gasteiger partial charge in [-0.2, -0.15) is 4.80 Å². The summed E-state index contributed by atoms with van der Waals surface area (Å²) in [6.07, 6.45) is 0. The van der Waals surface area contributed by atoms with Gasteiger partial charge in [0.2, 0.25) is 11.7 Å². The molecule has 40 heavy (non-hydrogen) atoms. The first-order valence-corrected chi connectivity index (χ1v) is 12.4. The molecule has 0 spiro atoms. The molecule has 3 aromatic carbocycles. The van der Waals surface area contributed by atoms with Gasteiger partial charge in [-0.25, -0.2) is 4.39 Å². The SMILES string of the molecule is Cc1ccc(-c2nnn(CC(=O)N(c3ccccc3F)[C@@H](C(=O)NCc3ccccc3)c3ccc(O)cc3)n2)o1. The van der Waals surface area contributed by atoms with Crippen LogP contribution in [0.1, 0.15) is 22.9 Å². The van der Waals surface area contributed by atoms with Crippen LogP contribution in [0, 0.1) is 12.7 Å². The molecule has 0 bridgehead atoms. The van der Waals surface area contributed by atoms with Crippen molar-refractivity contribution in [1.82, 2.24) is 25.5 Å². The number of nitrogens with zero attached hydrogens (tertiary/aromatic N) is 5. The van der Waals surface area contributed by atoms with E-state index in [0.717, 1.165) is 15.3 Å². The molecule has 10 nitrogen and oxygen atoms in total. The van der Waals surface area contributed by atoms with Crippen LogP contribution in [-0.2, 0) is 22.7 Å². The Hall–Kier alpha value is -5.32. The average molecular weight is 541 g/mol. The lowest BCUT2D eigenvalue weighted by Crippen LogP contribution is -2.45. The van der Waals surface area contributed by atoms with Crippen LogP contribution in [0.3, 0.4) is 0 Å². The zero-order chi connectivity index (χ0) is 28.1. The van der Waals surface area contributed by atoms with Crippen LogP contribution in [0.25, 0.3) is 11.6 Å². The number of halogens is 1. The predicted molar refractivity (Wildman–Crippen MR) is 143 cm³/mol. The molecule has 0 unspecified atom stereocenters. The molecule has 0 radical (unpaired) electrons. The van der Waals surface area contributed by atoms with E-state index in [1.54, 1.807) is 25.1 Å². The molecule has 0 aliphatic rings. The minimum Gasteiger partial charge on any atom is -0.508 e. The van der Waals surface area contributed by atoms with E-state index in [1.807, 2.05) is 30.3 Å². The fourth-order valence-electron chi connectivity index (χ4n) is 4.18. The van der Waals surface area contributed by atoms with E-state index in [9.17, 15) is 14.7 Å². The van der Waals surface area contributed by atoms with E-state index >= 15 is 4.39 Å². The summed E-state index contributed by atoms with van der Waals surface area (Å²) in [5.74, 6) is -0.732. The Kier molecular flexibility index (Phi) is 7.63. The van der Waals surface area contributed by atoms with Crippen LogP contribution in [0.15, 0.2) is 95.4 Å². The molecule has 2 heterocycles. The maximum atomic E-state index is 15.2. The van der Waals surface area contributed by atoms with Crippen molar-refractivity contribution in [1.29, 1.82) is 0 Å². The normalized spacial score (nSPS) is 11.7. The number of carbonyl (C=O) groups excluding carboxylic acids is 2. The molecule has 5 aromatic rings. The topological polar surface area (TPSA) is 126 Å². The van der Waals surface area contributed by atoms with E-state index in [1.165, 1.54) is 42.5 Å². The predicted octanol–water partition coefficient (Wildman–Crippen LogP) is 4.18. The number of furan rings is 1. The van der Waals surface area contributed by atoms with Gasteiger partial charge in [0.1, 0.15) is 29.9 Å². The highest BCUT2D eigenvalue weighted by atomic mass is 19.1. The van der Waals surface area contributed by atoms with Crippen molar-refractivity contribution in [3.05, 3.63) is 114 Å². The lowest BCUT2D eigenvalue weighted by Gasteiger charge is -2.31. The minimum atomic E-state index is -1.29. The maximum Gasteiger partial charge on any atom is 0.251 e. The van der Waals surface area contributed by atoms with Gasteiger partial charge in [0.15, 0.2) is 5.76 Å². The highest BCUT2D eigenvalue weighted by Crippen LogP contribution is 2.31. The Morgan fingerprint density at radius 3 is 2.42 bits per heavy atom. The summed E-state index contributed by atoms with van der Waals surface area (Å²) >= 11 is 0. The van der Waals surface area contributed by atoms with Gasteiger partial charge in [-0.3, -0.25) is 14.5 Å². The summed E-state index contributed by atoms with van der Waals surface area (Å²) in [5, 5.41) is 24.8. The minimum absolute atomic E-state index is 0.0246. The standard InChI is InChI=1S/C29H25FN6O4/c1-19-11-16-25(40-19)28-32-34-35(33-28)18-26(38)36(24-10-6-5-9-23(24)30)27(21-12-14-22(37)15-13-21)29(39)31-17-20-7-3-2-4-8-20/h2-16,27,37H,17-18H2,1H3,(H,31,39)/t27-/m1/s1. The van der Waals surface area contributed by atoms with Gasteiger partial charge in [-0.15, -0.1) is 10.2 Å². The Labute approximate surface area is 228 Å². The molecule has 0 aliphatic carbocycles. The molecule has 0 saturated carbocycles. The quantitative estimate of drug-likeness (QED) is 0.287. The summed E-state index contributed by atoms with van der Waals surface area (Å²) in [5.41, 5.74) is 1.09. The van der Waals surface area contributed by atoms with E-state index in [-0.39, 0.29) is 23.8 Å². The molecule has 202 valence electrons. The number of phenolic OH excluding ortho intramolecular Hbond substituents is 1. The molecule has 2 amide bonds. The van der Waals surface area contributed by atoms with Crippen molar-refractivity contribution in [2.24, 2.45) is 0 Å². The van der Waals surface area contributed by atoms with E-state index < -0.39 is 30.2 Å². The third-order valence-electron chi connectivity index (χ3n) is 6.10. The number of hydrogen-bond acceptors (Lipinski definition) is 7. The Balaban J connectivity index is 1.51. The zero-order valence-electron chi connectivity index (χ0n) is 21.4. The third kappa shape index (κ3) is 5.88. The van der Waals surface area contributed by atoms with Gasteiger partial charge in [0.05, 0.1) is 5.69 Å². The lowest BCUT2D eigenvalue weighted by molar-refractivity contribution is -0.127. The van der Waals surface area contributed by atoms with Crippen molar-refractivity contribution >= 4 is 17.5 Å². The molecule has 2 N–H and O–H groups in total. The first kappa shape index (κ1) is 26.3. The monoisotopic (exact) mass is 540 g/mol. The van der Waals surface area contributed by atoms with Gasteiger partial charge in [-0.05, 0) is 59.7 Å². The molecule has 11 heteroatoms. The number of tetrazole rings is 1. The number of nitrogens with one attached hydrogen (secondary N) is 1. The first-order chi connectivity index (χ1) is 19.4. The number of aromatic nitrogens is 4. The number of amides is 2. The average Bonchev–Trinajstić information content (AvgIpc) is 3.61. The third-order valence-corrected chi connectivity index (χ3v) is 6.10. The van der Waals surface area contributed by atoms with Crippen molar-refractivity contribution in [2.45, 2.75) is 26.1 Å². The van der Waals surface area contributed by atoms with Crippen LogP contribution in [0.5, 0.6) is 5.75 Å². The second kappa shape index (κ2) is 11.6. The van der Waals surface area contributed by atoms with Gasteiger partial charge in [0, 0.05) is 6.54 Å². The van der Waals surface area contributed by atoms with Crippen LogP contribution in [0.2, 0.25) is 0 Å². The number of benzene rings is 3. The number of phenols is 1. The van der Waals surface area contributed by atoms with Crippen molar-refractivity contribution in [3.63, 3.8) is 0 Å². The largest absolute Gasteiger partial charge is 0.508 e. The van der Waals surface area contributed by atoms with Crippen molar-refractivity contribution in [2.75, 3.05) is 4.90 Å². The van der Waals surface area contributed by atoms with E-state index in [0.29, 0.717) is 17.1 Å². The summed E-state index contributed by atoms with van der Waals surface area (Å²) < 4.78 is 20.7. The highest BCUT2D eigenvalue weighted by Gasteiger charge is 2.34. The van der Waals surface area contributed by atoms with Crippen LogP contribution >= 0.6 is 0 Å². The first-order valence-electron chi connectivity index (χ1n) is 12.4. The smallest absolute Gasteiger partial charge is 0.251 e. The molecule has 0 saturated heterocycles. The number of anilines is 1. The molecule has 1 atom stereocenters. The fourth-order valence-corrected chi connectivity index (χ4v) is 4.18. The molecule has 2 aromatic heterocycles. The Morgan fingerprint density at radius 2 is 1.73 bits per heavy atom. The summed E-state index contributed by atoms with van der Waals surface area (Å²) in [6, 6.07) is 22.9. The summed E-state index contributed by atoms with van der Waals surface area (Å²) in [6.45, 7) is 1.52. The number of para-hydroxylation sites is 1. The number of carbonyl (C=O) groups is 2. The molecular weight excluding hydrogens is 515 g/mol. The highest BCUT2D eigenvalue weighted by molar-refractivity contribution is 6.01. The number of hydrogen-bond donors (Lipinski definition) is 2. The van der Waals surface area contributed by atoms with Gasteiger partial charge < -0.3 is 14.8 Å². The van der Waals surface area contributed by atoms with Crippen LogP contribution in [0.4, 0.5) is 10.1 Å². The molecule has 5 rings (SSSR count). The number of aryl methyl sites for hydroxylation is 1. The molecule has 0 aliphatic heterocycles. The van der Waals surface area contributed by atoms with E-state index in [2.05, 4.69) is 20.7 Å². The van der Waals surface area contributed by atoms with Gasteiger partial charge in [-0.1, -0.05) is 54.6 Å². The number of aromatic hydroxyl groups is 1. The van der Waals surface area contributed by atoms with Crippen LogP contribution in [-0.4, -0.2) is 37.1 Å². The molecule has 0 fully saturated rings. The van der Waals surface area contributed by atoms with E-state index in [4.69, 9.17) is 4.42 Å². The summed E-state index contributed by atoms with van der Waals surface area (Å²) in [4.78, 5) is 29.7. The Morgan fingerprint density at radius 1 is 1.00 bits per heavy atom. The second-order valence-corrected chi connectivity index (χ2v) is 8.97. The number of rotatable bonds is 9. The van der Waals surface area contributed by atoms with Gasteiger partial charge >= 0.3 is 0 Å². The maximum absolute atomic E-state index is 15.2. The lowest BCUT2D eigenvalue weighted by atomic mass is 10.0. The molecular formula is C29H25FN6O4.